The molecule has 0 saturated carbocycles. The van der Waals surface area contributed by atoms with Crippen LogP contribution in [-0.4, -0.2) is 31.6 Å². The van der Waals surface area contributed by atoms with E-state index in [1.807, 2.05) is 30.2 Å². The van der Waals surface area contributed by atoms with Gasteiger partial charge in [-0.3, -0.25) is 0 Å². The second-order valence-corrected chi connectivity index (χ2v) is 11.0. The summed E-state index contributed by atoms with van der Waals surface area (Å²) in [6.45, 7) is 5.54. The number of nitrogen functional groups attached to an aromatic ring is 1. The first kappa shape index (κ1) is 27.3. The van der Waals surface area contributed by atoms with Gasteiger partial charge in [0, 0.05) is 28.6 Å². The summed E-state index contributed by atoms with van der Waals surface area (Å²) < 4.78 is 10.6. The molecular weight excluding hydrogens is 476 g/mol. The molecule has 1 aliphatic rings. The Kier molecular flexibility index (Phi) is 10.3. The molecule has 0 fully saturated rings. The molecule has 0 spiro atoms. The minimum absolute atomic E-state index is 0.225. The number of nitrogens with zero attached hydrogens (tertiary/aromatic N) is 1. The Hall–Kier alpha value is -2.25. The van der Waals surface area contributed by atoms with Gasteiger partial charge in [0.25, 0.3) is 0 Å². The van der Waals surface area contributed by atoms with Gasteiger partial charge in [0.05, 0.1) is 30.0 Å². The third-order valence-corrected chi connectivity index (χ3v) is 8.64. The number of esters is 1. The Bertz CT molecular complexity index is 1000. The van der Waals surface area contributed by atoms with E-state index in [1.165, 1.54) is 68.6 Å². The summed E-state index contributed by atoms with van der Waals surface area (Å²) in [4.78, 5) is 16.2. The van der Waals surface area contributed by atoms with Gasteiger partial charge in [-0.1, -0.05) is 39.5 Å². The van der Waals surface area contributed by atoms with E-state index in [1.54, 1.807) is 11.8 Å². The number of anilines is 3. The van der Waals surface area contributed by atoms with Gasteiger partial charge in [0.1, 0.15) is 5.75 Å². The van der Waals surface area contributed by atoms with E-state index in [-0.39, 0.29) is 5.41 Å². The lowest BCUT2D eigenvalue weighted by Gasteiger charge is -2.37. The molecule has 2 aromatic rings. The average molecular weight is 515 g/mol. The molecular formula is C28H38N2O3S2. The van der Waals surface area contributed by atoms with Crippen LogP contribution in [0.5, 0.6) is 5.75 Å². The molecule has 3 rings (SSSR count). The van der Waals surface area contributed by atoms with E-state index in [0.717, 1.165) is 34.3 Å². The summed E-state index contributed by atoms with van der Waals surface area (Å²) in [5.74, 6) is 1.38. The van der Waals surface area contributed by atoms with Gasteiger partial charge in [0.15, 0.2) is 0 Å². The van der Waals surface area contributed by atoms with Crippen molar-refractivity contribution in [3.8, 4) is 5.75 Å². The molecule has 0 aromatic heterocycles. The monoisotopic (exact) mass is 514 g/mol. The van der Waals surface area contributed by atoms with Crippen molar-refractivity contribution in [2.75, 3.05) is 36.3 Å². The van der Waals surface area contributed by atoms with E-state index >= 15 is 0 Å². The van der Waals surface area contributed by atoms with Gasteiger partial charge >= 0.3 is 5.97 Å². The first-order valence-electron chi connectivity index (χ1n) is 12.3. The summed E-state index contributed by atoms with van der Waals surface area (Å²) >= 11 is 3.56. The van der Waals surface area contributed by atoms with E-state index in [4.69, 9.17) is 10.5 Å². The van der Waals surface area contributed by atoms with Crippen LogP contribution in [0.2, 0.25) is 0 Å². The second-order valence-electron chi connectivity index (χ2n) is 9.09. The predicted octanol–water partition coefficient (Wildman–Crippen LogP) is 7.67. The fourth-order valence-electron chi connectivity index (χ4n) is 4.45. The van der Waals surface area contributed by atoms with Crippen LogP contribution in [0.4, 0.5) is 17.1 Å². The van der Waals surface area contributed by atoms with Gasteiger partial charge in [-0.15, -0.1) is 23.5 Å². The minimum Gasteiger partial charge on any atom is -0.466 e. The highest BCUT2D eigenvalue weighted by Gasteiger charge is 2.36. The highest BCUT2D eigenvalue weighted by atomic mass is 32.2. The third-order valence-electron chi connectivity index (χ3n) is 6.49. The maximum Gasteiger partial charge on any atom is 0.333 e. The molecule has 0 amide bonds. The molecule has 2 N–H and O–H groups in total. The molecule has 35 heavy (non-hydrogen) atoms. The van der Waals surface area contributed by atoms with Crippen LogP contribution in [0.25, 0.3) is 0 Å². The highest BCUT2D eigenvalue weighted by molar-refractivity contribution is 7.99. The van der Waals surface area contributed by atoms with Crippen molar-refractivity contribution in [2.45, 2.75) is 62.2 Å². The van der Waals surface area contributed by atoms with Crippen LogP contribution in [0.15, 0.2) is 58.5 Å². The Balaban J connectivity index is 2.07. The van der Waals surface area contributed by atoms with Crippen LogP contribution >= 0.6 is 23.5 Å². The largest absolute Gasteiger partial charge is 0.466 e. The maximum absolute atomic E-state index is 11.5. The van der Waals surface area contributed by atoms with Crippen LogP contribution in [0.1, 0.15) is 52.4 Å². The van der Waals surface area contributed by atoms with Crippen molar-refractivity contribution >= 4 is 46.6 Å². The number of methoxy groups -OCH3 is 1. The summed E-state index contributed by atoms with van der Waals surface area (Å²) in [7, 11) is 1.36. The molecule has 0 bridgehead atoms. The van der Waals surface area contributed by atoms with Crippen LogP contribution in [0.3, 0.4) is 0 Å². The molecule has 0 radical (unpaired) electrons. The zero-order chi connectivity index (χ0) is 25.3. The van der Waals surface area contributed by atoms with Crippen molar-refractivity contribution < 1.29 is 14.3 Å². The van der Waals surface area contributed by atoms with Crippen molar-refractivity contribution in [2.24, 2.45) is 5.41 Å². The number of hydrogen-bond acceptors (Lipinski definition) is 7. The lowest BCUT2D eigenvalue weighted by Crippen LogP contribution is -2.36. The van der Waals surface area contributed by atoms with E-state index < -0.39 is 5.97 Å². The summed E-state index contributed by atoms with van der Waals surface area (Å²) in [6.07, 6.45) is 12.1. The molecule has 7 heteroatoms. The molecule has 1 aliphatic heterocycles. The maximum atomic E-state index is 11.5. The highest BCUT2D eigenvalue weighted by Crippen LogP contribution is 2.50. The van der Waals surface area contributed by atoms with E-state index in [2.05, 4.69) is 47.7 Å². The number of fused-ring (bicyclic) bond motifs is 1. The Labute approximate surface area is 218 Å². The zero-order valence-corrected chi connectivity index (χ0v) is 23.0. The van der Waals surface area contributed by atoms with Crippen LogP contribution in [-0.2, 0) is 9.53 Å². The average Bonchev–Trinajstić information content (AvgIpc) is 3.03. The molecule has 0 saturated heterocycles. The number of ether oxygens (including phenoxy) is 2. The smallest absolute Gasteiger partial charge is 0.333 e. The van der Waals surface area contributed by atoms with Gasteiger partial charge in [-0.25, -0.2) is 4.79 Å². The molecule has 2 aromatic carbocycles. The standard InChI is InChI=1S/C28H38N2O3S2/c1-5-7-14-28(15-8-6-2)19-30(22-11-9-21(29)10-12-22)23-17-26(34-4)24(18-25(23)35-20-28)33-16-13-27(31)32-3/h9-13,16-18H,5-8,14-15,19-20,29H2,1-4H3/b16-13+. The van der Waals surface area contributed by atoms with Crippen molar-refractivity contribution in [3.05, 3.63) is 48.7 Å². The number of unbranched alkanes of at least 4 members (excludes halogenated alkanes) is 2. The Morgan fingerprint density at radius 3 is 2.46 bits per heavy atom. The number of rotatable bonds is 11. The van der Waals surface area contributed by atoms with E-state index in [9.17, 15) is 4.79 Å². The quantitative estimate of drug-likeness (QED) is 0.108. The number of hydrogen-bond donors (Lipinski definition) is 1. The van der Waals surface area contributed by atoms with Crippen molar-refractivity contribution in [3.63, 3.8) is 0 Å². The molecule has 0 aliphatic carbocycles. The lowest BCUT2D eigenvalue weighted by molar-refractivity contribution is -0.134. The van der Waals surface area contributed by atoms with Gasteiger partial charge in [-0.05, 0) is 60.9 Å². The summed E-state index contributed by atoms with van der Waals surface area (Å²) in [5.41, 5.74) is 9.38. The number of benzene rings is 2. The normalized spacial score (nSPS) is 15.0. The van der Waals surface area contributed by atoms with E-state index in [0.29, 0.717) is 0 Å². The summed E-state index contributed by atoms with van der Waals surface area (Å²) in [5, 5.41) is 0. The van der Waals surface area contributed by atoms with Crippen molar-refractivity contribution in [1.29, 1.82) is 0 Å². The Morgan fingerprint density at radius 1 is 1.17 bits per heavy atom. The summed E-state index contributed by atoms with van der Waals surface area (Å²) in [6, 6.07) is 12.6. The number of thioether (sulfide) groups is 2. The fraction of sp³-hybridized carbons (Fsp3) is 0.464. The number of carbonyl (C=O) groups is 1. The Morgan fingerprint density at radius 2 is 1.86 bits per heavy atom. The first-order chi connectivity index (χ1) is 16.9. The van der Waals surface area contributed by atoms with Gasteiger partial charge in [0.2, 0.25) is 0 Å². The van der Waals surface area contributed by atoms with Crippen LogP contribution in [0, 0.1) is 5.41 Å². The van der Waals surface area contributed by atoms with Crippen LogP contribution < -0.4 is 15.4 Å². The first-order valence-corrected chi connectivity index (χ1v) is 14.6. The fourth-order valence-corrected chi connectivity index (χ4v) is 6.34. The minimum atomic E-state index is -0.439. The number of carbonyl (C=O) groups excluding carboxylic acids is 1. The SMILES string of the molecule is CCCCC1(CCCC)CSc2cc(O/C=C/C(=O)OC)c(SC)cc2N(c2ccc(N)cc2)C1. The zero-order valence-electron chi connectivity index (χ0n) is 21.3. The van der Waals surface area contributed by atoms with Gasteiger partial charge < -0.3 is 20.1 Å². The predicted molar refractivity (Wildman–Crippen MR) is 150 cm³/mol. The molecule has 0 unspecified atom stereocenters. The molecule has 0 atom stereocenters. The second kappa shape index (κ2) is 13.2. The molecule has 5 nitrogen and oxygen atoms in total. The third kappa shape index (κ3) is 7.14. The number of nitrogens with two attached hydrogens (primary N) is 1. The lowest BCUT2D eigenvalue weighted by atomic mass is 9.79. The van der Waals surface area contributed by atoms with Crippen molar-refractivity contribution in [1.82, 2.24) is 0 Å². The molecule has 1 heterocycles. The van der Waals surface area contributed by atoms with Gasteiger partial charge in [-0.2, -0.15) is 0 Å². The molecule has 190 valence electrons. The topological polar surface area (TPSA) is 64.8 Å².